The molecule has 1 unspecified atom stereocenters. The second-order valence-corrected chi connectivity index (χ2v) is 4.87. The number of halogens is 1. The topological polar surface area (TPSA) is 25.2 Å². The van der Waals surface area contributed by atoms with Crippen LogP contribution in [0.25, 0.3) is 0 Å². The molecule has 1 heterocycles. The van der Waals surface area contributed by atoms with Crippen molar-refractivity contribution in [3.05, 3.63) is 34.7 Å². The van der Waals surface area contributed by atoms with Gasteiger partial charge in [0.05, 0.1) is 6.26 Å². The number of allylic oxidation sites excluding steroid dienone is 1. The molecule has 0 fully saturated rings. The van der Waals surface area contributed by atoms with Gasteiger partial charge in [0.25, 0.3) is 0 Å². The highest BCUT2D eigenvalue weighted by molar-refractivity contribution is 9.10. The van der Waals surface area contributed by atoms with Crippen LogP contribution in [0, 0.1) is 0 Å². The van der Waals surface area contributed by atoms with Crippen LogP contribution in [0.2, 0.25) is 0 Å². The highest BCUT2D eigenvalue weighted by Crippen LogP contribution is 2.28. The lowest BCUT2D eigenvalue weighted by Gasteiger charge is -2.17. The molecule has 0 radical (unpaired) electrons. The van der Waals surface area contributed by atoms with Gasteiger partial charge in [-0.15, -0.1) is 6.58 Å². The van der Waals surface area contributed by atoms with Gasteiger partial charge in [-0.25, -0.2) is 0 Å². The third kappa shape index (κ3) is 4.14. The van der Waals surface area contributed by atoms with E-state index in [4.69, 9.17) is 4.42 Å². The highest BCUT2D eigenvalue weighted by atomic mass is 79.9. The first-order chi connectivity index (χ1) is 7.65. The van der Waals surface area contributed by atoms with E-state index in [9.17, 15) is 0 Å². The van der Waals surface area contributed by atoms with Gasteiger partial charge in [-0.2, -0.15) is 0 Å². The Hall–Kier alpha value is -0.540. The van der Waals surface area contributed by atoms with Crippen LogP contribution in [0.15, 0.2) is 33.6 Å². The van der Waals surface area contributed by atoms with E-state index in [1.807, 2.05) is 6.07 Å². The predicted octanol–water partition coefficient (Wildman–Crippen LogP) is 4.44. The van der Waals surface area contributed by atoms with Crippen LogP contribution < -0.4 is 5.32 Å². The van der Waals surface area contributed by atoms with Gasteiger partial charge in [-0.3, -0.25) is 0 Å². The minimum absolute atomic E-state index is 0.352. The Labute approximate surface area is 106 Å². The molecule has 0 aliphatic carbocycles. The van der Waals surface area contributed by atoms with Crippen molar-refractivity contribution in [2.24, 2.45) is 0 Å². The van der Waals surface area contributed by atoms with E-state index in [2.05, 4.69) is 41.7 Å². The molecule has 1 N–H and O–H groups in total. The Bertz CT molecular complexity index is 332. The van der Waals surface area contributed by atoms with E-state index in [0.29, 0.717) is 6.04 Å². The lowest BCUT2D eigenvalue weighted by atomic mass is 10.0. The number of furan rings is 1. The maximum absolute atomic E-state index is 5.29. The smallest absolute Gasteiger partial charge is 0.173 e. The van der Waals surface area contributed by atoms with E-state index >= 15 is 0 Å². The van der Waals surface area contributed by atoms with Crippen LogP contribution in [-0.2, 0) is 0 Å². The summed E-state index contributed by atoms with van der Waals surface area (Å²) in [6.45, 7) is 9.22. The molecule has 2 nitrogen and oxygen atoms in total. The van der Waals surface area contributed by atoms with Crippen LogP contribution in [-0.4, -0.2) is 6.54 Å². The van der Waals surface area contributed by atoms with Crippen molar-refractivity contribution in [2.75, 3.05) is 6.54 Å². The number of hydrogen-bond acceptors (Lipinski definition) is 2. The minimum atomic E-state index is 0.352. The molecule has 0 aliphatic heterocycles. The van der Waals surface area contributed by atoms with Crippen molar-refractivity contribution < 1.29 is 4.42 Å². The summed E-state index contributed by atoms with van der Waals surface area (Å²) in [5.74, 6) is 0. The minimum Gasteiger partial charge on any atom is -0.457 e. The van der Waals surface area contributed by atoms with Crippen molar-refractivity contribution in [1.82, 2.24) is 5.32 Å². The maximum Gasteiger partial charge on any atom is 0.173 e. The highest BCUT2D eigenvalue weighted by Gasteiger charge is 2.15. The molecule has 0 bridgehead atoms. The molecule has 1 rings (SSSR count). The Morgan fingerprint density at radius 2 is 2.38 bits per heavy atom. The summed E-state index contributed by atoms with van der Waals surface area (Å²) in [4.78, 5) is 0. The zero-order valence-electron chi connectivity index (χ0n) is 10.1. The molecule has 0 aliphatic rings. The fraction of sp³-hybridized carbons (Fsp3) is 0.538. The summed E-state index contributed by atoms with van der Waals surface area (Å²) in [7, 11) is 0. The first-order valence-corrected chi connectivity index (χ1v) is 6.55. The van der Waals surface area contributed by atoms with Crippen molar-refractivity contribution in [1.29, 1.82) is 0 Å². The van der Waals surface area contributed by atoms with Gasteiger partial charge >= 0.3 is 0 Å². The molecule has 1 atom stereocenters. The first-order valence-electron chi connectivity index (χ1n) is 5.75. The van der Waals surface area contributed by atoms with Crippen LogP contribution in [0.1, 0.15) is 44.7 Å². The lowest BCUT2D eigenvalue weighted by Crippen LogP contribution is -2.22. The molecule has 0 saturated carbocycles. The zero-order valence-corrected chi connectivity index (χ0v) is 11.6. The molecule has 3 heteroatoms. The van der Waals surface area contributed by atoms with E-state index in [1.54, 1.807) is 6.26 Å². The van der Waals surface area contributed by atoms with Crippen LogP contribution in [0.4, 0.5) is 0 Å². The number of hydrogen-bond donors (Lipinski definition) is 1. The molecular formula is C13H20BrNO. The van der Waals surface area contributed by atoms with E-state index in [0.717, 1.165) is 30.5 Å². The normalized spacial score (nSPS) is 12.7. The molecule has 0 saturated heterocycles. The van der Waals surface area contributed by atoms with Crippen molar-refractivity contribution >= 4 is 15.9 Å². The molecule has 0 spiro atoms. The SMILES string of the molecule is C=C(C)CCC(NCCC)c1ccoc1Br. The first kappa shape index (κ1) is 13.5. The van der Waals surface area contributed by atoms with Gasteiger partial charge in [0.15, 0.2) is 4.67 Å². The van der Waals surface area contributed by atoms with Gasteiger partial charge < -0.3 is 9.73 Å². The maximum atomic E-state index is 5.29. The summed E-state index contributed by atoms with van der Waals surface area (Å²) in [5, 5.41) is 3.54. The van der Waals surface area contributed by atoms with Crippen LogP contribution in [0.5, 0.6) is 0 Å². The molecule has 1 aromatic heterocycles. The Morgan fingerprint density at radius 3 is 2.88 bits per heavy atom. The fourth-order valence-corrected chi connectivity index (χ4v) is 2.15. The fourth-order valence-electron chi connectivity index (χ4n) is 1.63. The second kappa shape index (κ2) is 6.92. The van der Waals surface area contributed by atoms with Crippen LogP contribution in [0.3, 0.4) is 0 Å². The van der Waals surface area contributed by atoms with Gasteiger partial charge in [0.2, 0.25) is 0 Å². The lowest BCUT2D eigenvalue weighted by molar-refractivity contribution is 0.478. The standard InChI is InChI=1S/C13H20BrNO/c1-4-8-15-12(6-5-10(2)3)11-7-9-16-13(11)14/h7,9,12,15H,2,4-6,8H2,1,3H3. The molecule has 0 amide bonds. The Morgan fingerprint density at radius 1 is 1.62 bits per heavy atom. The number of nitrogens with one attached hydrogen (secondary N) is 1. The molecular weight excluding hydrogens is 266 g/mol. The van der Waals surface area contributed by atoms with Crippen molar-refractivity contribution in [3.63, 3.8) is 0 Å². The third-order valence-corrected chi connectivity index (χ3v) is 3.17. The van der Waals surface area contributed by atoms with E-state index < -0.39 is 0 Å². The monoisotopic (exact) mass is 285 g/mol. The zero-order chi connectivity index (χ0) is 12.0. The molecule has 1 aromatic rings. The third-order valence-electron chi connectivity index (χ3n) is 2.52. The van der Waals surface area contributed by atoms with Gasteiger partial charge in [0.1, 0.15) is 0 Å². The van der Waals surface area contributed by atoms with Crippen molar-refractivity contribution in [3.8, 4) is 0 Å². The molecule has 90 valence electrons. The summed E-state index contributed by atoms with van der Waals surface area (Å²) in [6.07, 6.45) is 4.96. The quantitative estimate of drug-likeness (QED) is 0.750. The average Bonchev–Trinajstić information content (AvgIpc) is 2.65. The summed E-state index contributed by atoms with van der Waals surface area (Å²) in [6, 6.07) is 2.38. The summed E-state index contributed by atoms with van der Waals surface area (Å²) >= 11 is 3.44. The summed E-state index contributed by atoms with van der Waals surface area (Å²) < 4.78 is 6.12. The van der Waals surface area contributed by atoms with E-state index in [1.165, 1.54) is 11.1 Å². The number of rotatable bonds is 7. The average molecular weight is 286 g/mol. The summed E-state index contributed by atoms with van der Waals surface area (Å²) in [5.41, 5.74) is 2.43. The Balaban J connectivity index is 2.63. The second-order valence-electron chi connectivity index (χ2n) is 4.15. The van der Waals surface area contributed by atoms with Gasteiger partial charge in [0, 0.05) is 11.6 Å². The largest absolute Gasteiger partial charge is 0.457 e. The molecule has 0 aromatic carbocycles. The van der Waals surface area contributed by atoms with Gasteiger partial charge in [-0.05, 0) is 54.7 Å². The predicted molar refractivity (Wildman–Crippen MR) is 71.5 cm³/mol. The Kier molecular flexibility index (Phi) is 5.85. The molecule has 16 heavy (non-hydrogen) atoms. The van der Waals surface area contributed by atoms with Crippen molar-refractivity contribution in [2.45, 2.75) is 39.2 Å². The van der Waals surface area contributed by atoms with Crippen LogP contribution >= 0.6 is 15.9 Å². The van der Waals surface area contributed by atoms with Gasteiger partial charge in [-0.1, -0.05) is 12.5 Å². The van der Waals surface area contributed by atoms with E-state index in [-0.39, 0.29) is 0 Å².